The van der Waals surface area contributed by atoms with Crippen LogP contribution < -0.4 is 10.1 Å². The Hall–Kier alpha value is -2.89. The number of ether oxygens (including phenoxy) is 1. The molecular weight excluding hydrogens is 347 g/mol. The van der Waals surface area contributed by atoms with Crippen molar-refractivity contribution < 1.29 is 18.7 Å². The molecule has 0 aliphatic carbocycles. The zero-order valence-electron chi connectivity index (χ0n) is 15.5. The number of likely N-dealkylation sites (tertiary alicyclic amines) is 1. The Morgan fingerprint density at radius 3 is 2.56 bits per heavy atom. The molecule has 0 atom stereocenters. The van der Waals surface area contributed by atoms with Gasteiger partial charge in [0.05, 0.1) is 12.7 Å². The summed E-state index contributed by atoms with van der Waals surface area (Å²) in [5.74, 6) is -1.28. The standard InChI is InChI=1S/C21H23FN2O3/c1-14-9-10-17(18(22)19(14)27-2)20(25)23-16-8-6-7-15(13-16)21(26)24-11-4-3-5-12-24/h6-10,13H,3-5,11-12H2,1-2H3,(H,23,25). The van der Waals surface area contributed by atoms with E-state index in [1.165, 1.54) is 13.2 Å². The lowest BCUT2D eigenvalue weighted by molar-refractivity contribution is 0.0724. The van der Waals surface area contributed by atoms with Crippen molar-refractivity contribution in [2.45, 2.75) is 26.2 Å². The first-order chi connectivity index (χ1) is 13.0. The first kappa shape index (κ1) is 18.9. The fourth-order valence-electron chi connectivity index (χ4n) is 3.29. The number of piperidine rings is 1. The van der Waals surface area contributed by atoms with Gasteiger partial charge in [-0.1, -0.05) is 12.1 Å². The van der Waals surface area contributed by atoms with Crippen molar-refractivity contribution in [3.8, 4) is 5.75 Å². The molecule has 2 aromatic rings. The van der Waals surface area contributed by atoms with Gasteiger partial charge in [-0.3, -0.25) is 9.59 Å². The number of carbonyl (C=O) groups excluding carboxylic acids is 2. The molecule has 142 valence electrons. The van der Waals surface area contributed by atoms with Crippen LogP contribution >= 0.6 is 0 Å². The van der Waals surface area contributed by atoms with Crippen LogP contribution in [0.5, 0.6) is 5.75 Å². The second-order valence-electron chi connectivity index (χ2n) is 6.67. The molecule has 1 aliphatic heterocycles. The van der Waals surface area contributed by atoms with E-state index in [0.29, 0.717) is 16.8 Å². The lowest BCUT2D eigenvalue weighted by atomic mass is 10.1. The molecule has 0 aromatic heterocycles. The highest BCUT2D eigenvalue weighted by Crippen LogP contribution is 2.26. The fraction of sp³-hybridized carbons (Fsp3) is 0.333. The highest BCUT2D eigenvalue weighted by atomic mass is 19.1. The molecule has 1 aliphatic rings. The van der Waals surface area contributed by atoms with Crippen LogP contribution in [0.2, 0.25) is 0 Å². The molecule has 27 heavy (non-hydrogen) atoms. The largest absolute Gasteiger partial charge is 0.493 e. The van der Waals surface area contributed by atoms with E-state index in [1.54, 1.807) is 37.3 Å². The molecule has 1 fully saturated rings. The van der Waals surface area contributed by atoms with Crippen LogP contribution in [0.15, 0.2) is 36.4 Å². The number of nitrogens with one attached hydrogen (secondary N) is 1. The van der Waals surface area contributed by atoms with Crippen molar-refractivity contribution in [2.24, 2.45) is 0 Å². The van der Waals surface area contributed by atoms with Crippen molar-refractivity contribution >= 4 is 17.5 Å². The van der Waals surface area contributed by atoms with Gasteiger partial charge in [0.15, 0.2) is 11.6 Å². The summed E-state index contributed by atoms with van der Waals surface area (Å²) in [6, 6.07) is 9.78. The van der Waals surface area contributed by atoms with Gasteiger partial charge in [0.1, 0.15) is 0 Å². The first-order valence-corrected chi connectivity index (χ1v) is 9.05. The van der Waals surface area contributed by atoms with Crippen LogP contribution in [0.3, 0.4) is 0 Å². The molecule has 0 saturated carbocycles. The summed E-state index contributed by atoms with van der Waals surface area (Å²) in [6.07, 6.45) is 3.17. The Morgan fingerprint density at radius 2 is 1.85 bits per heavy atom. The number of methoxy groups -OCH3 is 1. The summed E-state index contributed by atoms with van der Waals surface area (Å²) in [5.41, 5.74) is 1.46. The Bertz CT molecular complexity index is 861. The summed E-state index contributed by atoms with van der Waals surface area (Å²) in [4.78, 5) is 26.9. The molecule has 0 radical (unpaired) electrons. The number of aryl methyl sites for hydroxylation is 1. The summed E-state index contributed by atoms with van der Waals surface area (Å²) < 4.78 is 19.5. The maximum Gasteiger partial charge on any atom is 0.258 e. The van der Waals surface area contributed by atoms with E-state index in [4.69, 9.17) is 4.74 Å². The van der Waals surface area contributed by atoms with Crippen molar-refractivity contribution in [1.29, 1.82) is 0 Å². The van der Waals surface area contributed by atoms with E-state index >= 15 is 0 Å². The van der Waals surface area contributed by atoms with E-state index in [0.717, 1.165) is 32.4 Å². The van der Waals surface area contributed by atoms with Crippen molar-refractivity contribution in [3.05, 3.63) is 58.9 Å². The van der Waals surface area contributed by atoms with Gasteiger partial charge in [0.2, 0.25) is 0 Å². The zero-order valence-corrected chi connectivity index (χ0v) is 15.5. The molecule has 1 saturated heterocycles. The third kappa shape index (κ3) is 4.10. The first-order valence-electron chi connectivity index (χ1n) is 9.05. The van der Waals surface area contributed by atoms with Crippen LogP contribution in [-0.4, -0.2) is 36.9 Å². The number of nitrogens with zero attached hydrogens (tertiary/aromatic N) is 1. The molecule has 1 heterocycles. The molecule has 0 unspecified atom stereocenters. The third-order valence-corrected chi connectivity index (χ3v) is 4.75. The molecule has 3 rings (SSSR count). The summed E-state index contributed by atoms with van der Waals surface area (Å²) in [6.45, 7) is 3.22. The van der Waals surface area contributed by atoms with E-state index in [2.05, 4.69) is 5.32 Å². The van der Waals surface area contributed by atoms with Crippen LogP contribution in [0.25, 0.3) is 0 Å². The number of amides is 2. The van der Waals surface area contributed by atoms with E-state index < -0.39 is 11.7 Å². The van der Waals surface area contributed by atoms with Crippen molar-refractivity contribution in [1.82, 2.24) is 4.90 Å². The molecule has 6 heteroatoms. The molecule has 0 spiro atoms. The molecule has 2 aromatic carbocycles. The van der Waals surface area contributed by atoms with Gasteiger partial charge in [-0.25, -0.2) is 4.39 Å². The van der Waals surface area contributed by atoms with E-state index in [-0.39, 0.29) is 17.2 Å². The Balaban J connectivity index is 1.78. The topological polar surface area (TPSA) is 58.6 Å². The zero-order chi connectivity index (χ0) is 19.4. The average Bonchev–Trinajstić information content (AvgIpc) is 2.68. The lowest BCUT2D eigenvalue weighted by Gasteiger charge is -2.26. The van der Waals surface area contributed by atoms with Crippen LogP contribution in [0.4, 0.5) is 10.1 Å². The normalized spacial score (nSPS) is 14.0. The van der Waals surface area contributed by atoms with Crippen LogP contribution in [-0.2, 0) is 0 Å². The predicted molar refractivity (Wildman–Crippen MR) is 102 cm³/mol. The second-order valence-corrected chi connectivity index (χ2v) is 6.67. The SMILES string of the molecule is COc1c(C)ccc(C(=O)Nc2cccc(C(=O)N3CCCCC3)c2)c1F. The van der Waals surface area contributed by atoms with Crippen LogP contribution in [0.1, 0.15) is 45.5 Å². The maximum atomic E-state index is 14.5. The lowest BCUT2D eigenvalue weighted by Crippen LogP contribution is -2.35. The van der Waals surface area contributed by atoms with Gasteiger partial charge < -0.3 is 15.0 Å². The molecule has 5 nitrogen and oxygen atoms in total. The van der Waals surface area contributed by atoms with Gasteiger partial charge in [-0.05, 0) is 56.0 Å². The van der Waals surface area contributed by atoms with Gasteiger partial charge in [-0.15, -0.1) is 0 Å². The molecule has 1 N–H and O–H groups in total. The number of anilines is 1. The van der Waals surface area contributed by atoms with Gasteiger partial charge in [0.25, 0.3) is 11.8 Å². The average molecular weight is 370 g/mol. The monoisotopic (exact) mass is 370 g/mol. The van der Waals surface area contributed by atoms with E-state index in [9.17, 15) is 14.0 Å². The number of benzene rings is 2. The number of halogens is 1. The highest BCUT2D eigenvalue weighted by Gasteiger charge is 2.20. The van der Waals surface area contributed by atoms with Gasteiger partial charge in [0, 0.05) is 24.3 Å². The fourth-order valence-corrected chi connectivity index (χ4v) is 3.29. The smallest absolute Gasteiger partial charge is 0.258 e. The predicted octanol–water partition coefficient (Wildman–Crippen LogP) is 4.02. The summed E-state index contributed by atoms with van der Waals surface area (Å²) >= 11 is 0. The van der Waals surface area contributed by atoms with Crippen LogP contribution in [0, 0.1) is 12.7 Å². The minimum absolute atomic E-state index is 0.0472. The van der Waals surface area contributed by atoms with E-state index in [1.807, 2.05) is 4.90 Å². The Labute approximate surface area is 158 Å². The Morgan fingerprint density at radius 1 is 1.11 bits per heavy atom. The Kier molecular flexibility index (Phi) is 5.74. The summed E-state index contributed by atoms with van der Waals surface area (Å²) in [5, 5.41) is 2.66. The van der Waals surface area contributed by atoms with Gasteiger partial charge >= 0.3 is 0 Å². The number of hydrogen-bond donors (Lipinski definition) is 1. The maximum absolute atomic E-state index is 14.5. The summed E-state index contributed by atoms with van der Waals surface area (Å²) in [7, 11) is 1.36. The quantitative estimate of drug-likeness (QED) is 0.884. The third-order valence-electron chi connectivity index (χ3n) is 4.75. The highest BCUT2D eigenvalue weighted by molar-refractivity contribution is 6.05. The molecule has 0 bridgehead atoms. The minimum atomic E-state index is -0.699. The minimum Gasteiger partial charge on any atom is -0.493 e. The molecular formula is C21H23FN2O3. The number of carbonyl (C=O) groups is 2. The molecule has 2 amide bonds. The number of rotatable bonds is 4. The van der Waals surface area contributed by atoms with Crippen molar-refractivity contribution in [3.63, 3.8) is 0 Å². The van der Waals surface area contributed by atoms with Crippen molar-refractivity contribution in [2.75, 3.05) is 25.5 Å². The second kappa shape index (κ2) is 8.20. The number of hydrogen-bond acceptors (Lipinski definition) is 3. The van der Waals surface area contributed by atoms with Gasteiger partial charge in [-0.2, -0.15) is 0 Å².